The molecule has 0 saturated carbocycles. The number of ketones is 1. The van der Waals surface area contributed by atoms with Crippen LogP contribution < -0.4 is 4.65 Å². The van der Waals surface area contributed by atoms with E-state index in [-0.39, 0.29) is 24.2 Å². The molecule has 0 aromatic heterocycles. The summed E-state index contributed by atoms with van der Waals surface area (Å²) in [6.45, 7) is 0.660. The standard InChI is InChI=1S/C14H15BF2O5/c1-14(16,17)7-10(18)6-9-5-8-3-2-4-11(13(19)20)12(8)22-15(9)21/h2-4,9,21H,5-7H2,1H3,(H,19,20)/t9-/m1/s1. The Morgan fingerprint density at radius 2 is 2.14 bits per heavy atom. The highest BCUT2D eigenvalue weighted by Gasteiger charge is 2.38. The zero-order chi connectivity index (χ0) is 16.5. The van der Waals surface area contributed by atoms with Gasteiger partial charge in [-0.1, -0.05) is 12.1 Å². The average molecular weight is 312 g/mol. The Balaban J connectivity index is 2.14. The lowest BCUT2D eigenvalue weighted by Gasteiger charge is -2.28. The maximum Gasteiger partial charge on any atom is 0.526 e. The number of fused-ring (bicyclic) bond motifs is 1. The van der Waals surface area contributed by atoms with E-state index in [1.807, 2.05) is 0 Å². The molecule has 118 valence electrons. The van der Waals surface area contributed by atoms with Crippen LogP contribution in [0, 0.1) is 0 Å². The molecular weight excluding hydrogens is 297 g/mol. The van der Waals surface area contributed by atoms with Crippen LogP contribution in [-0.4, -0.2) is 34.9 Å². The third-order valence-electron chi connectivity index (χ3n) is 3.45. The first-order valence-corrected chi connectivity index (χ1v) is 6.77. The fraction of sp³-hybridized carbons (Fsp3) is 0.429. The van der Waals surface area contributed by atoms with Gasteiger partial charge in [-0.15, -0.1) is 0 Å². The van der Waals surface area contributed by atoms with Crippen molar-refractivity contribution in [1.29, 1.82) is 0 Å². The van der Waals surface area contributed by atoms with Gasteiger partial charge >= 0.3 is 13.1 Å². The molecule has 0 radical (unpaired) electrons. The molecule has 2 rings (SSSR count). The number of hydrogen-bond donors (Lipinski definition) is 2. The fourth-order valence-corrected chi connectivity index (χ4v) is 2.54. The summed E-state index contributed by atoms with van der Waals surface area (Å²) in [5, 5.41) is 19.0. The molecule has 8 heteroatoms. The average Bonchev–Trinajstić information content (AvgIpc) is 2.36. The number of rotatable bonds is 5. The van der Waals surface area contributed by atoms with E-state index in [2.05, 4.69) is 0 Å². The predicted molar refractivity (Wildman–Crippen MR) is 74.3 cm³/mol. The largest absolute Gasteiger partial charge is 0.535 e. The van der Waals surface area contributed by atoms with Crippen LogP contribution in [-0.2, 0) is 11.2 Å². The molecule has 5 nitrogen and oxygen atoms in total. The topological polar surface area (TPSA) is 83.8 Å². The number of carboxylic acid groups (broad SMARTS) is 1. The van der Waals surface area contributed by atoms with Gasteiger partial charge in [0.05, 0.1) is 12.0 Å². The number of benzene rings is 1. The molecule has 1 aromatic rings. The summed E-state index contributed by atoms with van der Waals surface area (Å²) in [6.07, 6.45) is -0.946. The van der Waals surface area contributed by atoms with Crippen LogP contribution in [0.1, 0.15) is 35.7 Å². The van der Waals surface area contributed by atoms with E-state index in [0.717, 1.165) is 0 Å². The van der Waals surface area contributed by atoms with E-state index in [4.69, 9.17) is 9.76 Å². The number of halogens is 2. The Morgan fingerprint density at radius 1 is 1.45 bits per heavy atom. The number of carbonyl (C=O) groups is 2. The summed E-state index contributed by atoms with van der Waals surface area (Å²) >= 11 is 0. The van der Waals surface area contributed by atoms with Crippen LogP contribution >= 0.6 is 0 Å². The third kappa shape index (κ3) is 3.82. The number of hydrogen-bond acceptors (Lipinski definition) is 4. The van der Waals surface area contributed by atoms with Crippen molar-refractivity contribution in [3.63, 3.8) is 0 Å². The SMILES string of the molecule is CC(F)(F)CC(=O)C[C@H]1Cc2cccc(C(=O)O)c2OB1O. The molecule has 0 unspecified atom stereocenters. The van der Waals surface area contributed by atoms with E-state index in [9.17, 15) is 23.4 Å². The third-order valence-corrected chi connectivity index (χ3v) is 3.45. The summed E-state index contributed by atoms with van der Waals surface area (Å²) in [7, 11) is -1.40. The van der Waals surface area contributed by atoms with Gasteiger partial charge in [0.15, 0.2) is 0 Å². The Hall–Kier alpha value is -1.96. The van der Waals surface area contributed by atoms with Crippen LogP contribution in [0.4, 0.5) is 8.78 Å². The van der Waals surface area contributed by atoms with Gasteiger partial charge in [-0.25, -0.2) is 13.6 Å². The molecule has 1 aromatic carbocycles. The van der Waals surface area contributed by atoms with Crippen LogP contribution in [0.15, 0.2) is 18.2 Å². The van der Waals surface area contributed by atoms with Crippen LogP contribution in [0.25, 0.3) is 0 Å². The van der Waals surface area contributed by atoms with Crippen molar-refractivity contribution in [2.45, 2.75) is 37.9 Å². The minimum atomic E-state index is -3.09. The summed E-state index contributed by atoms with van der Waals surface area (Å²) < 4.78 is 30.9. The van der Waals surface area contributed by atoms with Gasteiger partial charge in [-0.3, -0.25) is 4.79 Å². The smallest absolute Gasteiger partial charge is 0.526 e. The van der Waals surface area contributed by atoms with Gasteiger partial charge in [-0.05, 0) is 25.0 Å². The number of alkyl halides is 2. The predicted octanol–water partition coefficient (Wildman–Crippen LogP) is 2.17. The van der Waals surface area contributed by atoms with Gasteiger partial charge in [0.25, 0.3) is 5.92 Å². The highest BCUT2D eigenvalue weighted by atomic mass is 19.3. The number of Topliss-reactive ketones (excluding diaryl/α,β-unsaturated/α-hetero) is 1. The van der Waals surface area contributed by atoms with E-state index in [1.54, 1.807) is 6.07 Å². The highest BCUT2D eigenvalue weighted by Crippen LogP contribution is 2.36. The summed E-state index contributed by atoms with van der Waals surface area (Å²) in [6, 6.07) is 4.50. The van der Waals surface area contributed by atoms with E-state index >= 15 is 0 Å². The molecule has 0 aliphatic carbocycles. The first-order valence-electron chi connectivity index (χ1n) is 6.77. The fourth-order valence-electron chi connectivity index (χ4n) is 2.54. The van der Waals surface area contributed by atoms with Crippen molar-refractivity contribution in [3.05, 3.63) is 29.3 Å². The molecule has 1 aliphatic rings. The molecule has 1 aliphatic heterocycles. The first-order chi connectivity index (χ1) is 10.2. The molecular formula is C14H15BF2O5. The molecule has 1 atom stereocenters. The minimum absolute atomic E-state index is 0.0621. The minimum Gasteiger partial charge on any atom is -0.535 e. The maximum absolute atomic E-state index is 12.8. The molecule has 0 spiro atoms. The van der Waals surface area contributed by atoms with Crippen molar-refractivity contribution in [2.75, 3.05) is 0 Å². The molecule has 0 amide bonds. The number of carbonyl (C=O) groups excluding carboxylic acids is 1. The Bertz CT molecular complexity index is 599. The maximum atomic E-state index is 12.8. The van der Waals surface area contributed by atoms with Gasteiger partial charge in [0, 0.05) is 12.2 Å². The van der Waals surface area contributed by atoms with Crippen molar-refractivity contribution in [3.8, 4) is 5.75 Å². The van der Waals surface area contributed by atoms with Crippen LogP contribution in [0.2, 0.25) is 5.82 Å². The molecule has 0 bridgehead atoms. The van der Waals surface area contributed by atoms with Crippen molar-refractivity contribution in [1.82, 2.24) is 0 Å². The van der Waals surface area contributed by atoms with Gasteiger partial charge in [-0.2, -0.15) is 0 Å². The van der Waals surface area contributed by atoms with E-state index < -0.39 is 37.0 Å². The molecule has 2 N–H and O–H groups in total. The zero-order valence-electron chi connectivity index (χ0n) is 11.9. The normalized spacial score (nSPS) is 17.6. The molecule has 1 heterocycles. The van der Waals surface area contributed by atoms with Crippen LogP contribution in [0.5, 0.6) is 5.75 Å². The van der Waals surface area contributed by atoms with Crippen molar-refractivity contribution in [2.24, 2.45) is 0 Å². The quantitative estimate of drug-likeness (QED) is 0.814. The molecule has 0 saturated heterocycles. The highest BCUT2D eigenvalue weighted by molar-refractivity contribution is 6.47. The van der Waals surface area contributed by atoms with Gasteiger partial charge in [0.1, 0.15) is 11.5 Å². The van der Waals surface area contributed by atoms with E-state index in [1.165, 1.54) is 12.1 Å². The van der Waals surface area contributed by atoms with E-state index in [0.29, 0.717) is 12.5 Å². The molecule has 0 fully saturated rings. The Morgan fingerprint density at radius 3 is 2.73 bits per heavy atom. The second-order valence-corrected chi connectivity index (χ2v) is 5.56. The van der Waals surface area contributed by atoms with Crippen molar-refractivity contribution < 1.29 is 33.2 Å². The summed E-state index contributed by atoms with van der Waals surface area (Å²) in [5.41, 5.74) is 0.452. The monoisotopic (exact) mass is 312 g/mol. The first kappa shape index (κ1) is 16.4. The lowest BCUT2D eigenvalue weighted by molar-refractivity contribution is -0.125. The Labute approximate surface area is 126 Å². The second kappa shape index (κ2) is 6.04. The zero-order valence-corrected chi connectivity index (χ0v) is 11.9. The Kier molecular flexibility index (Phi) is 4.51. The molecule has 22 heavy (non-hydrogen) atoms. The second-order valence-electron chi connectivity index (χ2n) is 5.56. The van der Waals surface area contributed by atoms with Crippen LogP contribution in [0.3, 0.4) is 0 Å². The lowest BCUT2D eigenvalue weighted by atomic mass is 9.64. The van der Waals surface area contributed by atoms with Gasteiger partial charge < -0.3 is 14.8 Å². The number of para-hydroxylation sites is 1. The lowest BCUT2D eigenvalue weighted by Crippen LogP contribution is -2.36. The van der Waals surface area contributed by atoms with Crippen molar-refractivity contribution >= 4 is 18.9 Å². The summed E-state index contributed by atoms with van der Waals surface area (Å²) in [4.78, 5) is 22.7. The number of carboxylic acids is 1. The summed E-state index contributed by atoms with van der Waals surface area (Å²) in [5.74, 6) is -5.56. The van der Waals surface area contributed by atoms with Gasteiger partial charge in [0.2, 0.25) is 0 Å². The number of aromatic carboxylic acids is 1.